The highest BCUT2D eigenvalue weighted by Gasteiger charge is 2.24. The van der Waals surface area contributed by atoms with Crippen LogP contribution in [-0.2, 0) is 13.1 Å². The van der Waals surface area contributed by atoms with Gasteiger partial charge in [-0.25, -0.2) is 4.98 Å². The van der Waals surface area contributed by atoms with Crippen molar-refractivity contribution in [3.05, 3.63) is 94.8 Å². The van der Waals surface area contributed by atoms with E-state index >= 15 is 0 Å². The summed E-state index contributed by atoms with van der Waals surface area (Å²) in [5.41, 5.74) is 4.47. The lowest BCUT2D eigenvalue weighted by molar-refractivity contribution is 0.102. The van der Waals surface area contributed by atoms with Gasteiger partial charge in [-0.3, -0.25) is 9.69 Å². The molecule has 0 bridgehead atoms. The molecule has 6 heteroatoms. The molecule has 1 atom stereocenters. The molecule has 0 aliphatic carbocycles. The SMILES string of the molecule is CC(c1ccccc1)N1CCn2c(nc3cc(NC(=O)c4ccccc4Cl)ccc32)C1. The number of anilines is 1. The molecular weight excluding hydrogens is 408 g/mol. The van der Waals surface area contributed by atoms with Gasteiger partial charge in [0.15, 0.2) is 0 Å². The molecule has 0 saturated heterocycles. The van der Waals surface area contributed by atoms with Crippen molar-refractivity contribution in [2.24, 2.45) is 0 Å². The summed E-state index contributed by atoms with van der Waals surface area (Å²) < 4.78 is 2.28. The first-order valence-corrected chi connectivity index (χ1v) is 10.8. The van der Waals surface area contributed by atoms with Crippen LogP contribution >= 0.6 is 11.6 Å². The van der Waals surface area contributed by atoms with E-state index in [1.807, 2.05) is 30.3 Å². The molecule has 1 N–H and O–H groups in total. The lowest BCUT2D eigenvalue weighted by Crippen LogP contribution is -2.35. The highest BCUT2D eigenvalue weighted by Crippen LogP contribution is 2.28. The molecule has 1 aromatic heterocycles. The zero-order valence-electron chi connectivity index (χ0n) is 17.3. The minimum atomic E-state index is -0.225. The molecule has 0 radical (unpaired) electrons. The number of carbonyl (C=O) groups excluding carboxylic acids is 1. The van der Waals surface area contributed by atoms with Gasteiger partial charge in [-0.1, -0.05) is 54.1 Å². The first kappa shape index (κ1) is 19.8. The van der Waals surface area contributed by atoms with E-state index in [2.05, 4.69) is 46.0 Å². The number of carbonyl (C=O) groups is 1. The van der Waals surface area contributed by atoms with Gasteiger partial charge in [-0.05, 0) is 42.8 Å². The largest absolute Gasteiger partial charge is 0.326 e. The van der Waals surface area contributed by atoms with Crippen LogP contribution < -0.4 is 5.32 Å². The minimum Gasteiger partial charge on any atom is -0.326 e. The lowest BCUT2D eigenvalue weighted by atomic mass is 10.1. The van der Waals surface area contributed by atoms with Gasteiger partial charge >= 0.3 is 0 Å². The molecule has 0 saturated carbocycles. The summed E-state index contributed by atoms with van der Waals surface area (Å²) in [5.74, 6) is 0.829. The fraction of sp³-hybridized carbons (Fsp3) is 0.200. The maximum absolute atomic E-state index is 12.6. The monoisotopic (exact) mass is 430 g/mol. The molecule has 1 unspecified atom stereocenters. The predicted molar refractivity (Wildman–Crippen MR) is 124 cm³/mol. The molecule has 156 valence electrons. The van der Waals surface area contributed by atoms with Crippen LogP contribution in [-0.4, -0.2) is 26.9 Å². The number of hydrogen-bond acceptors (Lipinski definition) is 3. The van der Waals surface area contributed by atoms with Crippen LogP contribution in [0.2, 0.25) is 5.02 Å². The summed E-state index contributed by atoms with van der Waals surface area (Å²) >= 11 is 6.15. The second-order valence-corrected chi connectivity index (χ2v) is 8.28. The molecule has 1 amide bonds. The molecule has 1 aliphatic heterocycles. The standard InChI is InChI=1S/C25H23ClN4O/c1-17(18-7-3-2-4-8-18)29-13-14-30-23-12-11-19(15-22(23)28-24(30)16-29)27-25(31)20-9-5-6-10-21(20)26/h2-12,15,17H,13-14,16H2,1H3,(H,27,31). The quantitative estimate of drug-likeness (QED) is 0.463. The first-order chi connectivity index (χ1) is 15.1. The summed E-state index contributed by atoms with van der Waals surface area (Å²) in [6.45, 7) is 4.91. The number of imidazole rings is 1. The zero-order valence-corrected chi connectivity index (χ0v) is 18.0. The first-order valence-electron chi connectivity index (χ1n) is 10.4. The fourth-order valence-corrected chi connectivity index (χ4v) is 4.46. The van der Waals surface area contributed by atoms with Crippen molar-refractivity contribution in [2.75, 3.05) is 11.9 Å². The average Bonchev–Trinajstić information content (AvgIpc) is 3.16. The van der Waals surface area contributed by atoms with Crippen molar-refractivity contribution in [1.29, 1.82) is 0 Å². The van der Waals surface area contributed by atoms with Crippen molar-refractivity contribution in [3.8, 4) is 0 Å². The molecule has 1 aliphatic rings. The van der Waals surface area contributed by atoms with E-state index in [9.17, 15) is 4.79 Å². The van der Waals surface area contributed by atoms with Crippen LogP contribution in [0, 0.1) is 0 Å². The Hall–Kier alpha value is -3.15. The summed E-state index contributed by atoms with van der Waals surface area (Å²) in [5, 5.41) is 3.37. The van der Waals surface area contributed by atoms with Crippen LogP contribution in [0.3, 0.4) is 0 Å². The highest BCUT2D eigenvalue weighted by atomic mass is 35.5. The smallest absolute Gasteiger partial charge is 0.257 e. The maximum atomic E-state index is 12.6. The summed E-state index contributed by atoms with van der Waals surface area (Å²) in [6.07, 6.45) is 0. The Balaban J connectivity index is 1.38. The van der Waals surface area contributed by atoms with E-state index < -0.39 is 0 Å². The Bertz CT molecular complexity index is 1250. The van der Waals surface area contributed by atoms with Crippen molar-refractivity contribution >= 4 is 34.2 Å². The molecule has 31 heavy (non-hydrogen) atoms. The number of hydrogen-bond donors (Lipinski definition) is 1. The Morgan fingerprint density at radius 1 is 1.03 bits per heavy atom. The van der Waals surface area contributed by atoms with Crippen LogP contribution in [0.15, 0.2) is 72.8 Å². The molecule has 0 fully saturated rings. The highest BCUT2D eigenvalue weighted by molar-refractivity contribution is 6.34. The van der Waals surface area contributed by atoms with Crippen LogP contribution in [0.5, 0.6) is 0 Å². The number of amides is 1. The van der Waals surface area contributed by atoms with Gasteiger partial charge in [-0.2, -0.15) is 0 Å². The number of fused-ring (bicyclic) bond motifs is 3. The normalized spacial score (nSPS) is 14.9. The van der Waals surface area contributed by atoms with E-state index in [0.29, 0.717) is 22.3 Å². The summed E-state index contributed by atoms with van der Waals surface area (Å²) in [6, 6.07) is 23.8. The number of halogens is 1. The second kappa shape index (κ2) is 8.17. The third-order valence-electron chi connectivity index (χ3n) is 5.99. The Labute approximate surface area is 186 Å². The zero-order chi connectivity index (χ0) is 21.4. The third kappa shape index (κ3) is 3.82. The van der Waals surface area contributed by atoms with Crippen molar-refractivity contribution in [1.82, 2.24) is 14.5 Å². The van der Waals surface area contributed by atoms with Gasteiger partial charge in [0.2, 0.25) is 0 Å². The molecule has 0 spiro atoms. The summed E-state index contributed by atoms with van der Waals surface area (Å²) in [7, 11) is 0. The molecule has 5 rings (SSSR count). The number of benzene rings is 3. The number of nitrogens with zero attached hydrogens (tertiary/aromatic N) is 3. The molecule has 3 aromatic carbocycles. The average molecular weight is 431 g/mol. The molecule has 2 heterocycles. The third-order valence-corrected chi connectivity index (χ3v) is 6.32. The molecule has 5 nitrogen and oxygen atoms in total. The Morgan fingerprint density at radius 2 is 1.81 bits per heavy atom. The van der Waals surface area contributed by atoms with Gasteiger partial charge in [-0.15, -0.1) is 0 Å². The molecule has 4 aromatic rings. The van der Waals surface area contributed by atoms with Crippen LogP contribution in [0.25, 0.3) is 11.0 Å². The van der Waals surface area contributed by atoms with Gasteiger partial charge < -0.3 is 9.88 Å². The Kier molecular flexibility index (Phi) is 5.22. The topological polar surface area (TPSA) is 50.2 Å². The van der Waals surface area contributed by atoms with E-state index in [4.69, 9.17) is 16.6 Å². The van der Waals surface area contributed by atoms with E-state index in [0.717, 1.165) is 36.5 Å². The summed E-state index contributed by atoms with van der Waals surface area (Å²) in [4.78, 5) is 19.9. The van der Waals surface area contributed by atoms with Gasteiger partial charge in [0.1, 0.15) is 5.82 Å². The van der Waals surface area contributed by atoms with Crippen molar-refractivity contribution in [3.63, 3.8) is 0 Å². The van der Waals surface area contributed by atoms with Gasteiger partial charge in [0, 0.05) is 24.8 Å². The fourth-order valence-electron chi connectivity index (χ4n) is 4.23. The van der Waals surface area contributed by atoms with Crippen molar-refractivity contribution < 1.29 is 4.79 Å². The minimum absolute atomic E-state index is 0.225. The maximum Gasteiger partial charge on any atom is 0.257 e. The van der Waals surface area contributed by atoms with E-state index in [1.165, 1.54) is 5.56 Å². The predicted octanol–water partition coefficient (Wildman–Crippen LogP) is 5.52. The van der Waals surface area contributed by atoms with Crippen LogP contribution in [0.1, 0.15) is 34.7 Å². The Morgan fingerprint density at radius 3 is 2.61 bits per heavy atom. The number of aromatic nitrogens is 2. The van der Waals surface area contributed by atoms with Crippen LogP contribution in [0.4, 0.5) is 5.69 Å². The van der Waals surface area contributed by atoms with E-state index in [-0.39, 0.29) is 5.91 Å². The number of rotatable bonds is 4. The van der Waals surface area contributed by atoms with Gasteiger partial charge in [0.05, 0.1) is 28.2 Å². The second-order valence-electron chi connectivity index (χ2n) is 7.87. The molecular formula is C25H23ClN4O. The van der Waals surface area contributed by atoms with Gasteiger partial charge in [0.25, 0.3) is 5.91 Å². The van der Waals surface area contributed by atoms with E-state index in [1.54, 1.807) is 18.2 Å². The number of nitrogens with one attached hydrogen (secondary N) is 1. The van der Waals surface area contributed by atoms with Crippen molar-refractivity contribution in [2.45, 2.75) is 26.1 Å². The lowest BCUT2D eigenvalue weighted by Gasteiger charge is -2.33.